The minimum atomic E-state index is -3.29. The van der Waals surface area contributed by atoms with Crippen molar-refractivity contribution in [3.63, 3.8) is 0 Å². The number of rotatable bonds is 10. The lowest BCUT2D eigenvalue weighted by atomic mass is 10.1. The van der Waals surface area contributed by atoms with Gasteiger partial charge >= 0.3 is 0 Å². The standard InChI is InChI=1S/C25H26ClNO5S/c1-27(15-8-16-31-20-10-7-11-21(17-20)33(2,29)30)25(28)22-12-4-6-14-24(22)32-18-19-9-3-5-13-23(19)26/h3-7,9-14,17H,8,15-16,18H2,1-2H3. The predicted octanol–water partition coefficient (Wildman–Crippen LogP) is 4.86. The van der Waals surface area contributed by atoms with E-state index in [9.17, 15) is 13.2 Å². The molecule has 0 aromatic heterocycles. The molecule has 0 saturated carbocycles. The van der Waals surface area contributed by atoms with Gasteiger partial charge in [-0.3, -0.25) is 4.79 Å². The van der Waals surface area contributed by atoms with E-state index in [1.165, 1.54) is 12.1 Å². The Hall–Kier alpha value is -3.03. The van der Waals surface area contributed by atoms with Crippen LogP contribution in [0.25, 0.3) is 0 Å². The number of hydrogen-bond donors (Lipinski definition) is 0. The molecule has 8 heteroatoms. The second kappa shape index (κ2) is 11.2. The van der Waals surface area contributed by atoms with E-state index in [0.29, 0.717) is 41.7 Å². The molecular weight excluding hydrogens is 462 g/mol. The van der Waals surface area contributed by atoms with E-state index in [4.69, 9.17) is 21.1 Å². The van der Waals surface area contributed by atoms with Crippen molar-refractivity contribution in [3.05, 3.63) is 88.9 Å². The molecule has 0 atom stereocenters. The lowest BCUT2D eigenvalue weighted by Gasteiger charge is -2.19. The van der Waals surface area contributed by atoms with Gasteiger partial charge in [0.1, 0.15) is 18.1 Å². The van der Waals surface area contributed by atoms with Crippen molar-refractivity contribution in [2.24, 2.45) is 0 Å². The molecule has 3 aromatic carbocycles. The monoisotopic (exact) mass is 487 g/mol. The van der Waals surface area contributed by atoms with Crippen molar-refractivity contribution in [3.8, 4) is 11.5 Å². The average Bonchev–Trinajstić information content (AvgIpc) is 2.80. The van der Waals surface area contributed by atoms with Crippen LogP contribution in [-0.4, -0.2) is 45.7 Å². The van der Waals surface area contributed by atoms with Gasteiger partial charge in [-0.1, -0.05) is 48.0 Å². The highest BCUT2D eigenvalue weighted by molar-refractivity contribution is 7.90. The van der Waals surface area contributed by atoms with Gasteiger partial charge in [0.05, 0.1) is 17.1 Å². The molecule has 3 aromatic rings. The van der Waals surface area contributed by atoms with E-state index in [1.54, 1.807) is 48.3 Å². The molecule has 3 rings (SSSR count). The highest BCUT2D eigenvalue weighted by atomic mass is 35.5. The fourth-order valence-electron chi connectivity index (χ4n) is 3.13. The molecule has 0 heterocycles. The van der Waals surface area contributed by atoms with Crippen LogP contribution in [0, 0.1) is 0 Å². The molecule has 0 saturated heterocycles. The first-order valence-electron chi connectivity index (χ1n) is 10.4. The van der Waals surface area contributed by atoms with E-state index in [2.05, 4.69) is 0 Å². The molecule has 0 aliphatic heterocycles. The Morgan fingerprint density at radius 2 is 1.70 bits per heavy atom. The van der Waals surface area contributed by atoms with Crippen molar-refractivity contribution in [1.82, 2.24) is 4.90 Å². The van der Waals surface area contributed by atoms with Gasteiger partial charge in [0.25, 0.3) is 5.91 Å². The summed E-state index contributed by atoms with van der Waals surface area (Å²) in [6, 6.07) is 20.9. The van der Waals surface area contributed by atoms with Crippen LogP contribution >= 0.6 is 11.6 Å². The average molecular weight is 488 g/mol. The van der Waals surface area contributed by atoms with Crippen LogP contribution in [-0.2, 0) is 16.4 Å². The summed E-state index contributed by atoms with van der Waals surface area (Å²) in [5.41, 5.74) is 1.31. The van der Waals surface area contributed by atoms with E-state index in [0.717, 1.165) is 11.8 Å². The molecule has 0 aliphatic carbocycles. The Morgan fingerprint density at radius 1 is 0.970 bits per heavy atom. The van der Waals surface area contributed by atoms with Gasteiger partial charge in [0, 0.05) is 30.4 Å². The summed E-state index contributed by atoms with van der Waals surface area (Å²) in [5, 5.41) is 0.612. The smallest absolute Gasteiger partial charge is 0.257 e. The normalized spacial score (nSPS) is 11.1. The Labute approximate surface area is 199 Å². The number of para-hydroxylation sites is 1. The molecule has 6 nitrogen and oxygen atoms in total. The summed E-state index contributed by atoms with van der Waals surface area (Å²) in [6.45, 7) is 1.06. The van der Waals surface area contributed by atoms with Gasteiger partial charge in [-0.15, -0.1) is 0 Å². The largest absolute Gasteiger partial charge is 0.493 e. The Bertz CT molecular complexity index is 1210. The molecule has 0 spiro atoms. The molecule has 1 amide bonds. The number of ether oxygens (including phenoxy) is 2. The molecule has 0 unspecified atom stereocenters. The number of amides is 1. The summed E-state index contributed by atoms with van der Waals surface area (Å²) < 4.78 is 34.9. The zero-order valence-corrected chi connectivity index (χ0v) is 20.1. The van der Waals surface area contributed by atoms with E-state index < -0.39 is 9.84 Å². The third-order valence-corrected chi connectivity index (χ3v) is 6.42. The van der Waals surface area contributed by atoms with Crippen LogP contribution in [0.15, 0.2) is 77.7 Å². The first-order valence-corrected chi connectivity index (χ1v) is 12.7. The summed E-state index contributed by atoms with van der Waals surface area (Å²) in [4.78, 5) is 14.8. The number of carbonyl (C=O) groups excluding carboxylic acids is 1. The fourth-order valence-corrected chi connectivity index (χ4v) is 3.98. The minimum Gasteiger partial charge on any atom is -0.493 e. The van der Waals surface area contributed by atoms with Gasteiger partial charge < -0.3 is 14.4 Å². The maximum absolute atomic E-state index is 13.0. The van der Waals surface area contributed by atoms with E-state index >= 15 is 0 Å². The summed E-state index contributed by atoms with van der Waals surface area (Å²) >= 11 is 6.19. The van der Waals surface area contributed by atoms with Crippen LogP contribution in [0.3, 0.4) is 0 Å². The number of benzene rings is 3. The van der Waals surface area contributed by atoms with Crippen LogP contribution in [0.5, 0.6) is 11.5 Å². The van der Waals surface area contributed by atoms with E-state index in [1.807, 2.05) is 24.3 Å². The van der Waals surface area contributed by atoms with Crippen LogP contribution in [0.4, 0.5) is 0 Å². The molecule has 33 heavy (non-hydrogen) atoms. The third kappa shape index (κ3) is 6.97. The quantitative estimate of drug-likeness (QED) is 0.382. The van der Waals surface area contributed by atoms with Gasteiger partial charge in [0.15, 0.2) is 9.84 Å². The molecule has 0 bridgehead atoms. The lowest BCUT2D eigenvalue weighted by Crippen LogP contribution is -2.29. The van der Waals surface area contributed by atoms with Gasteiger partial charge in [-0.05, 0) is 42.8 Å². The number of nitrogens with zero attached hydrogens (tertiary/aromatic N) is 1. The number of halogens is 1. The van der Waals surface area contributed by atoms with Crippen molar-refractivity contribution in [1.29, 1.82) is 0 Å². The zero-order valence-electron chi connectivity index (χ0n) is 18.5. The van der Waals surface area contributed by atoms with Crippen molar-refractivity contribution < 1.29 is 22.7 Å². The number of carbonyl (C=O) groups is 1. The second-order valence-corrected chi connectivity index (χ2v) is 9.97. The Morgan fingerprint density at radius 3 is 2.45 bits per heavy atom. The van der Waals surface area contributed by atoms with E-state index in [-0.39, 0.29) is 17.4 Å². The molecule has 174 valence electrons. The summed E-state index contributed by atoms with van der Waals surface area (Å²) in [7, 11) is -1.57. The van der Waals surface area contributed by atoms with Gasteiger partial charge in [0.2, 0.25) is 0 Å². The molecular formula is C25H26ClNO5S. The second-order valence-electron chi connectivity index (χ2n) is 7.55. The first kappa shape index (κ1) is 24.6. The Balaban J connectivity index is 1.54. The molecule has 0 aliphatic rings. The van der Waals surface area contributed by atoms with Crippen molar-refractivity contribution >= 4 is 27.3 Å². The van der Waals surface area contributed by atoms with Crippen LogP contribution in [0.1, 0.15) is 22.3 Å². The highest BCUT2D eigenvalue weighted by Crippen LogP contribution is 2.23. The zero-order chi connectivity index (χ0) is 23.8. The maximum Gasteiger partial charge on any atom is 0.257 e. The molecule has 0 radical (unpaired) electrons. The van der Waals surface area contributed by atoms with Crippen molar-refractivity contribution in [2.75, 3.05) is 26.5 Å². The number of hydrogen-bond acceptors (Lipinski definition) is 5. The van der Waals surface area contributed by atoms with Gasteiger partial charge in [-0.25, -0.2) is 8.42 Å². The summed E-state index contributed by atoms with van der Waals surface area (Å²) in [6.07, 6.45) is 1.73. The number of sulfone groups is 1. The fraction of sp³-hybridized carbons (Fsp3) is 0.240. The topological polar surface area (TPSA) is 72.9 Å². The third-order valence-electron chi connectivity index (χ3n) is 4.95. The highest BCUT2D eigenvalue weighted by Gasteiger charge is 2.17. The minimum absolute atomic E-state index is 0.163. The van der Waals surface area contributed by atoms with Crippen LogP contribution < -0.4 is 9.47 Å². The van der Waals surface area contributed by atoms with Crippen molar-refractivity contribution in [2.45, 2.75) is 17.9 Å². The Kier molecular flexibility index (Phi) is 8.36. The predicted molar refractivity (Wildman–Crippen MR) is 129 cm³/mol. The SMILES string of the molecule is CN(CCCOc1cccc(S(C)(=O)=O)c1)C(=O)c1ccccc1OCc1ccccc1Cl. The first-order chi connectivity index (χ1) is 15.8. The molecule has 0 N–H and O–H groups in total. The van der Waals surface area contributed by atoms with Gasteiger partial charge in [-0.2, -0.15) is 0 Å². The maximum atomic E-state index is 13.0. The lowest BCUT2D eigenvalue weighted by molar-refractivity contribution is 0.0783. The van der Waals surface area contributed by atoms with Crippen LogP contribution in [0.2, 0.25) is 5.02 Å². The summed E-state index contributed by atoms with van der Waals surface area (Å²) in [5.74, 6) is 0.803. The molecule has 0 fully saturated rings.